The number of piperazine rings is 1. The lowest BCUT2D eigenvalue weighted by Gasteiger charge is -2.42. The van der Waals surface area contributed by atoms with Crippen molar-refractivity contribution in [1.29, 1.82) is 5.26 Å². The number of aromatic nitrogens is 1. The summed E-state index contributed by atoms with van der Waals surface area (Å²) in [4.78, 5) is 35.3. The summed E-state index contributed by atoms with van der Waals surface area (Å²) in [5.41, 5.74) is 3.07. The quantitative estimate of drug-likeness (QED) is 0.108. The second-order valence-electron chi connectivity index (χ2n) is 9.18. The third-order valence-corrected chi connectivity index (χ3v) is 6.81. The molecule has 1 atom stereocenters. The molecule has 1 aromatic heterocycles. The number of hydrogen-bond acceptors (Lipinski definition) is 5. The number of halogens is 2. The highest BCUT2D eigenvalue weighted by molar-refractivity contribution is 6.30. The molecule has 3 N–H and O–H groups in total. The zero-order chi connectivity index (χ0) is 30.1. The van der Waals surface area contributed by atoms with Crippen LogP contribution in [0.4, 0.5) is 16.2 Å². The summed E-state index contributed by atoms with van der Waals surface area (Å²) >= 11 is 12.1. The number of carbonyl (C=O) groups excluding carboxylic acids is 1. The van der Waals surface area contributed by atoms with Crippen LogP contribution in [0.3, 0.4) is 0 Å². The number of amides is 2. The van der Waals surface area contributed by atoms with Gasteiger partial charge in [-0.15, -0.1) is 0 Å². The first-order valence-electron chi connectivity index (χ1n) is 12.9. The van der Waals surface area contributed by atoms with Crippen LogP contribution in [0.5, 0.6) is 0 Å². The Bertz CT molecular complexity index is 1610. The molecule has 0 saturated carbocycles. The van der Waals surface area contributed by atoms with E-state index in [-0.39, 0.29) is 12.1 Å². The number of aliphatic imine (C=N–C) groups is 1. The molecule has 2 heterocycles. The molecule has 0 aliphatic carbocycles. The Morgan fingerprint density at radius 2 is 1.67 bits per heavy atom. The van der Waals surface area contributed by atoms with Crippen LogP contribution < -0.4 is 10.6 Å². The molecule has 2 amide bonds. The Labute approximate surface area is 252 Å². The lowest BCUT2D eigenvalue weighted by Crippen LogP contribution is -2.55. The minimum Gasteiger partial charge on any atom is -0.481 e. The van der Waals surface area contributed by atoms with Crippen LogP contribution in [0, 0.1) is 11.5 Å². The van der Waals surface area contributed by atoms with Crippen LogP contribution >= 0.6 is 23.2 Å². The molecule has 4 aromatic rings. The summed E-state index contributed by atoms with van der Waals surface area (Å²) < 4.78 is 0. The van der Waals surface area contributed by atoms with Crippen LogP contribution in [0.2, 0.25) is 10.0 Å². The van der Waals surface area contributed by atoms with Gasteiger partial charge in [-0.2, -0.15) is 5.26 Å². The van der Waals surface area contributed by atoms with E-state index in [0.29, 0.717) is 47.0 Å². The minimum atomic E-state index is -0.833. The van der Waals surface area contributed by atoms with Crippen molar-refractivity contribution in [2.45, 2.75) is 13.0 Å². The van der Waals surface area contributed by atoms with E-state index in [2.05, 4.69) is 15.6 Å². The topological polar surface area (TPSA) is 134 Å². The van der Waals surface area contributed by atoms with Crippen molar-refractivity contribution in [3.63, 3.8) is 0 Å². The molecular weight excluding hydrogens is 577 g/mol. The molecule has 1 aliphatic heterocycles. The van der Waals surface area contributed by atoms with Gasteiger partial charge in [0.05, 0.1) is 17.2 Å². The first-order valence-corrected chi connectivity index (χ1v) is 13.6. The normalized spacial score (nSPS) is 14.8. The number of hydrogen-bond donors (Lipinski definition) is 3. The number of aliphatic carboxylic acids is 1. The van der Waals surface area contributed by atoms with Gasteiger partial charge in [0, 0.05) is 53.9 Å². The predicted molar refractivity (Wildman–Crippen MR) is 164 cm³/mol. The highest BCUT2D eigenvalue weighted by Gasteiger charge is 2.33. The molecule has 214 valence electrons. The number of urea groups is 1. The molecule has 0 bridgehead atoms. The first-order chi connectivity index (χ1) is 20.2. The standard InChI is InChI=1S/C28H23Cl2N7O.C2H4O2/c29-20-8-6-19(7-9-20)26-17-36(15-16-37(26)28(38)34-22-12-10-21(30)11-13-22)27(33-18-31)35-25-5-1-4-24-23(25)3-2-14-32-24;1-2(3)4/h1-14,26H,15-17H2,(H,33,35)(H,34,38);1H3,(H,3,4). The van der Waals surface area contributed by atoms with E-state index in [1.165, 1.54) is 0 Å². The van der Waals surface area contributed by atoms with Crippen molar-refractivity contribution >= 4 is 63.4 Å². The SMILES string of the molecule is CC(=O)O.N#CNC(=Nc1cccc2ncccc12)N1CCN(C(=O)Nc2ccc(Cl)cc2)C(c2ccc(Cl)cc2)C1. The molecule has 12 heteroatoms. The summed E-state index contributed by atoms with van der Waals surface area (Å²) in [5.74, 6) is -0.430. The van der Waals surface area contributed by atoms with Crippen molar-refractivity contribution in [2.75, 3.05) is 25.0 Å². The largest absolute Gasteiger partial charge is 0.481 e. The lowest BCUT2D eigenvalue weighted by molar-refractivity contribution is -0.134. The number of fused-ring (bicyclic) bond motifs is 1. The van der Waals surface area contributed by atoms with Crippen molar-refractivity contribution in [1.82, 2.24) is 20.1 Å². The minimum absolute atomic E-state index is 0.237. The van der Waals surface area contributed by atoms with Crippen LogP contribution in [0.1, 0.15) is 18.5 Å². The predicted octanol–water partition coefficient (Wildman–Crippen LogP) is 6.28. The van der Waals surface area contributed by atoms with E-state index in [9.17, 15) is 10.1 Å². The maximum Gasteiger partial charge on any atom is 0.322 e. The molecule has 5 rings (SSSR count). The second kappa shape index (κ2) is 14.2. The smallest absolute Gasteiger partial charge is 0.322 e. The van der Waals surface area contributed by atoms with Gasteiger partial charge >= 0.3 is 6.03 Å². The van der Waals surface area contributed by atoms with E-state index in [1.807, 2.05) is 53.6 Å². The van der Waals surface area contributed by atoms with E-state index in [0.717, 1.165) is 23.4 Å². The van der Waals surface area contributed by atoms with Gasteiger partial charge in [0.25, 0.3) is 5.97 Å². The van der Waals surface area contributed by atoms with Gasteiger partial charge in [0.1, 0.15) is 0 Å². The number of rotatable bonds is 3. The number of carbonyl (C=O) groups is 2. The van der Waals surface area contributed by atoms with Gasteiger partial charge in [-0.05, 0) is 66.2 Å². The number of benzene rings is 3. The summed E-state index contributed by atoms with van der Waals surface area (Å²) in [6, 6.07) is 23.3. The monoisotopic (exact) mass is 603 g/mol. The fourth-order valence-corrected chi connectivity index (χ4v) is 4.70. The van der Waals surface area contributed by atoms with E-state index < -0.39 is 5.97 Å². The van der Waals surface area contributed by atoms with E-state index >= 15 is 0 Å². The van der Waals surface area contributed by atoms with Gasteiger partial charge < -0.3 is 20.2 Å². The van der Waals surface area contributed by atoms with Crippen LogP contribution in [0.15, 0.2) is 90.1 Å². The molecule has 42 heavy (non-hydrogen) atoms. The number of nitrogens with zero attached hydrogens (tertiary/aromatic N) is 5. The van der Waals surface area contributed by atoms with Crippen molar-refractivity contribution in [3.05, 3.63) is 101 Å². The average Bonchev–Trinajstić information content (AvgIpc) is 2.98. The Hall–Kier alpha value is -4.85. The molecule has 1 fully saturated rings. The van der Waals surface area contributed by atoms with Crippen LogP contribution in [0.25, 0.3) is 10.9 Å². The Kier molecular flexibility index (Phi) is 10.2. The fraction of sp³-hybridized carbons (Fsp3) is 0.167. The molecule has 1 saturated heterocycles. The summed E-state index contributed by atoms with van der Waals surface area (Å²) in [7, 11) is 0. The number of guanidine groups is 1. The Morgan fingerprint density at radius 1 is 1.00 bits per heavy atom. The number of pyridine rings is 1. The molecule has 3 aromatic carbocycles. The average molecular weight is 604 g/mol. The third kappa shape index (κ3) is 7.87. The van der Waals surface area contributed by atoms with Gasteiger partial charge in [0.15, 0.2) is 6.19 Å². The fourth-order valence-electron chi connectivity index (χ4n) is 4.44. The highest BCUT2D eigenvalue weighted by atomic mass is 35.5. The highest BCUT2D eigenvalue weighted by Crippen LogP contribution is 2.29. The molecule has 1 unspecified atom stereocenters. The van der Waals surface area contributed by atoms with Crippen molar-refractivity contribution < 1.29 is 14.7 Å². The molecular formula is C30H27Cl2N7O3. The summed E-state index contributed by atoms with van der Waals surface area (Å²) in [6.45, 7) is 2.36. The third-order valence-electron chi connectivity index (χ3n) is 6.31. The van der Waals surface area contributed by atoms with Crippen LogP contribution in [-0.2, 0) is 4.79 Å². The zero-order valence-electron chi connectivity index (χ0n) is 22.5. The molecule has 0 radical (unpaired) electrons. The molecule has 1 aliphatic rings. The van der Waals surface area contributed by atoms with E-state index in [4.69, 9.17) is 38.1 Å². The number of carboxylic acids is 1. The van der Waals surface area contributed by atoms with E-state index in [1.54, 1.807) is 47.5 Å². The first kappa shape index (κ1) is 30.1. The Balaban J connectivity index is 0.000000952. The van der Waals surface area contributed by atoms with Gasteiger partial charge in [0.2, 0.25) is 5.96 Å². The van der Waals surface area contributed by atoms with Gasteiger partial charge in [-0.25, -0.2) is 9.79 Å². The van der Waals surface area contributed by atoms with Gasteiger partial charge in [-0.3, -0.25) is 15.1 Å². The number of carboxylic acid groups (broad SMARTS) is 1. The summed E-state index contributed by atoms with van der Waals surface area (Å²) in [5, 5.41) is 24.7. The second-order valence-corrected chi connectivity index (χ2v) is 10.1. The lowest BCUT2D eigenvalue weighted by atomic mass is 10.0. The van der Waals surface area contributed by atoms with Crippen molar-refractivity contribution in [3.8, 4) is 6.19 Å². The Morgan fingerprint density at radius 3 is 2.33 bits per heavy atom. The van der Waals surface area contributed by atoms with Crippen molar-refractivity contribution in [2.24, 2.45) is 4.99 Å². The maximum absolute atomic E-state index is 13.4. The van der Waals surface area contributed by atoms with Crippen LogP contribution in [-0.4, -0.2) is 57.5 Å². The molecule has 10 nitrogen and oxygen atoms in total. The maximum atomic E-state index is 13.4. The zero-order valence-corrected chi connectivity index (χ0v) is 24.0. The number of anilines is 1. The molecule has 0 spiro atoms. The summed E-state index contributed by atoms with van der Waals surface area (Å²) in [6.07, 6.45) is 3.74. The number of nitrogens with one attached hydrogen (secondary N) is 2. The van der Waals surface area contributed by atoms with Gasteiger partial charge in [-0.1, -0.05) is 41.4 Å². The number of nitriles is 1.